The van der Waals surface area contributed by atoms with E-state index < -0.39 is 0 Å². The second-order valence-corrected chi connectivity index (χ2v) is 4.79. The molecule has 0 bridgehead atoms. The minimum atomic E-state index is 0.349. The van der Waals surface area contributed by atoms with Gasteiger partial charge in [-0.25, -0.2) is 0 Å². The van der Waals surface area contributed by atoms with Crippen LogP contribution in [0.15, 0.2) is 54.1 Å². The predicted octanol–water partition coefficient (Wildman–Crippen LogP) is 4.07. The first kappa shape index (κ1) is 10.4. The number of fused-ring (bicyclic) bond motifs is 1. The first-order chi connectivity index (χ1) is 8.33. The Hall–Kier alpha value is -1.76. The van der Waals surface area contributed by atoms with E-state index in [0.717, 1.165) is 12.0 Å². The summed E-state index contributed by atoms with van der Waals surface area (Å²) in [6.07, 6.45) is 12.5. The summed E-state index contributed by atoms with van der Waals surface area (Å²) in [5.74, 6) is 1.02. The van der Waals surface area contributed by atoms with Gasteiger partial charge in [-0.15, -0.1) is 0 Å². The van der Waals surface area contributed by atoms with Crippen LogP contribution >= 0.6 is 0 Å². The van der Waals surface area contributed by atoms with Crippen molar-refractivity contribution in [3.05, 3.63) is 59.7 Å². The molecule has 1 unspecified atom stereocenters. The van der Waals surface area contributed by atoms with Crippen LogP contribution in [0.3, 0.4) is 0 Å². The topological polar surface area (TPSA) is 20.2 Å². The van der Waals surface area contributed by atoms with E-state index in [-0.39, 0.29) is 0 Å². The van der Waals surface area contributed by atoms with Crippen LogP contribution in [-0.2, 0) is 0 Å². The van der Waals surface area contributed by atoms with Crippen molar-refractivity contribution in [2.24, 2.45) is 5.92 Å². The molecule has 1 aromatic rings. The van der Waals surface area contributed by atoms with Gasteiger partial charge in [-0.05, 0) is 54.0 Å². The Labute approximate surface area is 102 Å². The molecule has 2 aliphatic rings. The standard InChI is InChI=1S/C16H16O/c17-16-7-3-6-14(11-16)15-9-8-12-4-1-2-5-13(12)10-15/h1,3-4,6-9,11,13,17H,2,5,10H2. The van der Waals surface area contributed by atoms with E-state index in [1.807, 2.05) is 12.1 Å². The summed E-state index contributed by atoms with van der Waals surface area (Å²) in [5, 5.41) is 9.52. The molecule has 3 rings (SSSR count). The highest BCUT2D eigenvalue weighted by molar-refractivity contribution is 5.70. The van der Waals surface area contributed by atoms with Crippen molar-refractivity contribution >= 4 is 5.57 Å². The van der Waals surface area contributed by atoms with Crippen LogP contribution in [0.4, 0.5) is 0 Å². The second kappa shape index (κ2) is 4.25. The molecule has 1 aromatic carbocycles. The number of hydrogen-bond donors (Lipinski definition) is 1. The van der Waals surface area contributed by atoms with Crippen LogP contribution in [0, 0.1) is 5.92 Å². The fourth-order valence-corrected chi connectivity index (χ4v) is 2.68. The van der Waals surface area contributed by atoms with E-state index in [2.05, 4.69) is 30.4 Å². The highest BCUT2D eigenvalue weighted by Gasteiger charge is 2.20. The van der Waals surface area contributed by atoms with Gasteiger partial charge in [-0.3, -0.25) is 0 Å². The van der Waals surface area contributed by atoms with E-state index in [9.17, 15) is 5.11 Å². The maximum Gasteiger partial charge on any atom is 0.116 e. The van der Waals surface area contributed by atoms with Gasteiger partial charge >= 0.3 is 0 Å². The van der Waals surface area contributed by atoms with E-state index >= 15 is 0 Å². The zero-order valence-electron chi connectivity index (χ0n) is 9.76. The Morgan fingerprint density at radius 2 is 2.12 bits per heavy atom. The fraction of sp³-hybridized carbons (Fsp3) is 0.250. The van der Waals surface area contributed by atoms with Crippen LogP contribution in [0.2, 0.25) is 0 Å². The largest absolute Gasteiger partial charge is 0.508 e. The lowest BCUT2D eigenvalue weighted by Crippen LogP contribution is -2.10. The monoisotopic (exact) mass is 224 g/mol. The predicted molar refractivity (Wildman–Crippen MR) is 70.6 cm³/mol. The minimum Gasteiger partial charge on any atom is -0.508 e. The van der Waals surface area contributed by atoms with Crippen molar-refractivity contribution in [2.75, 3.05) is 0 Å². The molecule has 1 N–H and O–H groups in total. The highest BCUT2D eigenvalue weighted by atomic mass is 16.3. The number of benzene rings is 1. The Bertz CT molecular complexity index is 520. The molecule has 17 heavy (non-hydrogen) atoms. The number of phenolic OH excluding ortho intramolecular Hbond substituents is 1. The summed E-state index contributed by atoms with van der Waals surface area (Å²) in [4.78, 5) is 0. The lowest BCUT2D eigenvalue weighted by molar-refractivity contribution is 0.475. The quantitative estimate of drug-likeness (QED) is 0.762. The number of aromatic hydroxyl groups is 1. The molecule has 2 aliphatic carbocycles. The smallest absolute Gasteiger partial charge is 0.116 e. The molecule has 0 spiro atoms. The molecule has 1 atom stereocenters. The van der Waals surface area contributed by atoms with E-state index in [1.54, 1.807) is 6.07 Å². The van der Waals surface area contributed by atoms with Gasteiger partial charge in [-0.2, -0.15) is 0 Å². The molecule has 0 aliphatic heterocycles. The number of hydrogen-bond acceptors (Lipinski definition) is 1. The molecule has 0 amide bonds. The first-order valence-corrected chi connectivity index (χ1v) is 6.19. The van der Waals surface area contributed by atoms with Gasteiger partial charge in [0.05, 0.1) is 0 Å². The van der Waals surface area contributed by atoms with Crippen LogP contribution in [0.5, 0.6) is 5.75 Å². The van der Waals surface area contributed by atoms with Gasteiger partial charge in [-0.1, -0.05) is 36.4 Å². The third-order valence-electron chi connectivity index (χ3n) is 3.62. The normalized spacial score (nSPS) is 22.7. The van der Waals surface area contributed by atoms with Gasteiger partial charge in [0.1, 0.15) is 5.75 Å². The molecule has 0 heterocycles. The van der Waals surface area contributed by atoms with Gasteiger partial charge in [0, 0.05) is 0 Å². The Balaban J connectivity index is 1.93. The van der Waals surface area contributed by atoms with E-state index in [1.165, 1.54) is 24.0 Å². The fourth-order valence-electron chi connectivity index (χ4n) is 2.68. The van der Waals surface area contributed by atoms with Crippen molar-refractivity contribution < 1.29 is 5.11 Å². The van der Waals surface area contributed by atoms with Crippen LogP contribution in [0.25, 0.3) is 5.57 Å². The number of rotatable bonds is 1. The third-order valence-corrected chi connectivity index (χ3v) is 3.62. The maximum atomic E-state index is 9.52. The van der Waals surface area contributed by atoms with Crippen molar-refractivity contribution in [2.45, 2.75) is 19.3 Å². The molecule has 0 aromatic heterocycles. The van der Waals surface area contributed by atoms with Gasteiger partial charge < -0.3 is 5.11 Å². The zero-order chi connectivity index (χ0) is 11.7. The average molecular weight is 224 g/mol. The Morgan fingerprint density at radius 3 is 3.00 bits per heavy atom. The lowest BCUT2D eigenvalue weighted by Gasteiger charge is -2.26. The molecule has 1 heteroatoms. The molecule has 0 radical (unpaired) electrons. The Kier molecular flexibility index (Phi) is 2.60. The number of phenols is 1. The molecule has 86 valence electrons. The van der Waals surface area contributed by atoms with Gasteiger partial charge in [0.15, 0.2) is 0 Å². The van der Waals surface area contributed by atoms with Crippen molar-refractivity contribution in [3.8, 4) is 5.75 Å². The molecule has 1 nitrogen and oxygen atoms in total. The second-order valence-electron chi connectivity index (χ2n) is 4.79. The maximum absolute atomic E-state index is 9.52. The van der Waals surface area contributed by atoms with Crippen LogP contribution in [-0.4, -0.2) is 5.11 Å². The van der Waals surface area contributed by atoms with E-state index in [4.69, 9.17) is 0 Å². The molecule has 0 saturated carbocycles. The zero-order valence-corrected chi connectivity index (χ0v) is 9.76. The van der Waals surface area contributed by atoms with Gasteiger partial charge in [0.25, 0.3) is 0 Å². The third kappa shape index (κ3) is 2.05. The summed E-state index contributed by atoms with van der Waals surface area (Å²) in [6.45, 7) is 0. The van der Waals surface area contributed by atoms with Crippen LogP contribution < -0.4 is 0 Å². The number of allylic oxidation sites excluding steroid dienone is 6. The SMILES string of the molecule is Oc1cccc(C2=CC=C3C=CCCC3C2)c1. The summed E-state index contributed by atoms with van der Waals surface area (Å²) < 4.78 is 0. The molecule has 0 saturated heterocycles. The highest BCUT2D eigenvalue weighted by Crippen LogP contribution is 2.37. The van der Waals surface area contributed by atoms with Crippen LogP contribution in [0.1, 0.15) is 24.8 Å². The van der Waals surface area contributed by atoms with Crippen molar-refractivity contribution in [1.82, 2.24) is 0 Å². The molecular weight excluding hydrogens is 208 g/mol. The Morgan fingerprint density at radius 1 is 1.18 bits per heavy atom. The van der Waals surface area contributed by atoms with E-state index in [0.29, 0.717) is 11.7 Å². The first-order valence-electron chi connectivity index (χ1n) is 6.19. The van der Waals surface area contributed by atoms with Gasteiger partial charge in [0.2, 0.25) is 0 Å². The molecular formula is C16H16O. The summed E-state index contributed by atoms with van der Waals surface area (Å²) in [6, 6.07) is 7.55. The summed E-state index contributed by atoms with van der Waals surface area (Å²) in [7, 11) is 0. The molecule has 0 fully saturated rings. The lowest BCUT2D eigenvalue weighted by atomic mass is 9.79. The minimum absolute atomic E-state index is 0.349. The summed E-state index contributed by atoms with van der Waals surface area (Å²) in [5.41, 5.74) is 3.94. The van der Waals surface area contributed by atoms with Crippen molar-refractivity contribution in [1.29, 1.82) is 0 Å². The average Bonchev–Trinajstić information content (AvgIpc) is 2.38. The van der Waals surface area contributed by atoms with Crippen molar-refractivity contribution in [3.63, 3.8) is 0 Å². The summed E-state index contributed by atoms with van der Waals surface area (Å²) >= 11 is 0.